The molecule has 0 radical (unpaired) electrons. The highest BCUT2D eigenvalue weighted by molar-refractivity contribution is 7.88. The van der Waals surface area contributed by atoms with E-state index in [1.807, 2.05) is 42.5 Å². The molecule has 0 bridgehead atoms. The first kappa shape index (κ1) is 18.7. The van der Waals surface area contributed by atoms with Gasteiger partial charge in [0.1, 0.15) is 14.5 Å². The second-order valence-electron chi connectivity index (χ2n) is 6.09. The Morgan fingerprint density at radius 2 is 1.86 bits per heavy atom. The fourth-order valence-corrected chi connectivity index (χ4v) is 5.41. The summed E-state index contributed by atoms with van der Waals surface area (Å²) in [5.41, 5.74) is 8.84. The minimum absolute atomic E-state index is 0.443. The zero-order chi connectivity index (χ0) is 19.7. The van der Waals surface area contributed by atoms with E-state index in [1.165, 1.54) is 18.4 Å². The number of ether oxygens (including phenoxy) is 1. The van der Waals surface area contributed by atoms with Crippen LogP contribution in [0, 0.1) is 0 Å². The smallest absolute Gasteiger partial charge is 0.162 e. The van der Waals surface area contributed by atoms with Crippen LogP contribution < -0.4 is 5.73 Å². The average Bonchev–Trinajstić information content (AvgIpc) is 3.09. The molecule has 3 aromatic heterocycles. The van der Waals surface area contributed by atoms with Gasteiger partial charge in [0, 0.05) is 30.6 Å². The molecule has 4 aromatic rings. The van der Waals surface area contributed by atoms with E-state index in [0.29, 0.717) is 26.2 Å². The Morgan fingerprint density at radius 1 is 1.11 bits per heavy atom. The van der Waals surface area contributed by atoms with Crippen LogP contribution in [0.3, 0.4) is 0 Å². The number of hydrogen-bond acceptors (Lipinski definition) is 7. The molecule has 0 aliphatic rings. The van der Waals surface area contributed by atoms with Gasteiger partial charge in [-0.3, -0.25) is 9.19 Å². The largest absolute Gasteiger partial charge is 0.396 e. The molecule has 0 saturated carbocycles. The lowest BCUT2D eigenvalue weighted by Crippen LogP contribution is -2.12. The van der Waals surface area contributed by atoms with Crippen LogP contribution in [-0.2, 0) is 15.5 Å². The summed E-state index contributed by atoms with van der Waals surface area (Å²) in [4.78, 5) is 14.3. The number of hydrogen-bond donors (Lipinski definition) is 1. The summed E-state index contributed by atoms with van der Waals surface area (Å²) in [6.45, 7) is 1.75. The van der Waals surface area contributed by atoms with Gasteiger partial charge >= 0.3 is 0 Å². The maximum atomic E-state index is 12.8. The number of pyridine rings is 1. The predicted molar refractivity (Wildman–Crippen MR) is 113 cm³/mol. The van der Waals surface area contributed by atoms with Crippen LogP contribution in [0.15, 0.2) is 59.1 Å². The average molecular weight is 411 g/mol. The summed E-state index contributed by atoms with van der Waals surface area (Å²) in [5, 5.41) is 0.718. The zero-order valence-electron chi connectivity index (χ0n) is 15.3. The van der Waals surface area contributed by atoms with E-state index in [4.69, 9.17) is 20.4 Å². The second-order valence-corrected chi connectivity index (χ2v) is 9.01. The SMILES string of the molecule is COC(C)S(=O)c1sc2nc(-c3cccnc3)nc(-c3ccccc3)c2c1N. The molecule has 8 heteroatoms. The van der Waals surface area contributed by atoms with E-state index in [1.54, 1.807) is 19.3 Å². The lowest BCUT2D eigenvalue weighted by Gasteiger charge is -2.09. The molecule has 3 heterocycles. The van der Waals surface area contributed by atoms with Gasteiger partial charge in [0.05, 0.1) is 27.6 Å². The Labute approximate surface area is 168 Å². The summed E-state index contributed by atoms with van der Waals surface area (Å²) in [6.07, 6.45) is 3.43. The molecule has 0 saturated heterocycles. The van der Waals surface area contributed by atoms with E-state index in [0.717, 1.165) is 16.5 Å². The minimum Gasteiger partial charge on any atom is -0.396 e. The monoisotopic (exact) mass is 410 g/mol. The third kappa shape index (κ3) is 3.30. The van der Waals surface area contributed by atoms with Crippen molar-refractivity contribution in [3.05, 3.63) is 54.9 Å². The Kier molecular flexibility index (Phi) is 5.17. The minimum atomic E-state index is -1.40. The number of anilines is 1. The molecule has 2 N–H and O–H groups in total. The molecule has 0 amide bonds. The van der Waals surface area contributed by atoms with E-state index >= 15 is 0 Å². The maximum absolute atomic E-state index is 12.8. The van der Waals surface area contributed by atoms with Gasteiger partial charge in [0.2, 0.25) is 0 Å². The lowest BCUT2D eigenvalue weighted by molar-refractivity contribution is 0.183. The van der Waals surface area contributed by atoms with Crippen LogP contribution >= 0.6 is 11.3 Å². The van der Waals surface area contributed by atoms with Crippen molar-refractivity contribution in [3.8, 4) is 22.6 Å². The van der Waals surface area contributed by atoms with Gasteiger partial charge in [0.25, 0.3) is 0 Å². The molecular formula is C20H18N4O2S2. The third-order valence-electron chi connectivity index (χ3n) is 4.34. The number of thiophene rings is 1. The van der Waals surface area contributed by atoms with Crippen LogP contribution in [-0.4, -0.2) is 31.7 Å². The summed E-state index contributed by atoms with van der Waals surface area (Å²) in [6, 6.07) is 13.5. The topological polar surface area (TPSA) is 91.0 Å². The van der Waals surface area contributed by atoms with Gasteiger partial charge in [-0.25, -0.2) is 9.97 Å². The number of rotatable bonds is 5. The van der Waals surface area contributed by atoms with Crippen molar-refractivity contribution in [2.24, 2.45) is 0 Å². The highest BCUT2D eigenvalue weighted by Crippen LogP contribution is 2.41. The predicted octanol–water partition coefficient (Wildman–Crippen LogP) is 4.10. The number of nitrogens with zero attached hydrogens (tertiary/aromatic N) is 3. The first-order valence-corrected chi connectivity index (χ1v) is 10.6. The molecule has 4 rings (SSSR count). The van der Waals surface area contributed by atoms with Gasteiger partial charge in [-0.05, 0) is 19.1 Å². The molecule has 28 heavy (non-hydrogen) atoms. The third-order valence-corrected chi connectivity index (χ3v) is 7.36. The van der Waals surface area contributed by atoms with E-state index in [2.05, 4.69) is 4.98 Å². The van der Waals surface area contributed by atoms with Gasteiger partial charge in [-0.1, -0.05) is 30.3 Å². The van der Waals surface area contributed by atoms with E-state index in [-0.39, 0.29) is 0 Å². The van der Waals surface area contributed by atoms with Gasteiger partial charge in [-0.2, -0.15) is 0 Å². The van der Waals surface area contributed by atoms with Gasteiger partial charge in [-0.15, -0.1) is 11.3 Å². The van der Waals surface area contributed by atoms with Crippen molar-refractivity contribution >= 4 is 38.0 Å². The summed E-state index contributed by atoms with van der Waals surface area (Å²) >= 11 is 1.32. The second kappa shape index (κ2) is 7.75. The van der Waals surface area contributed by atoms with Crippen molar-refractivity contribution in [2.75, 3.05) is 12.8 Å². The number of benzene rings is 1. The van der Waals surface area contributed by atoms with Crippen molar-refractivity contribution in [1.29, 1.82) is 0 Å². The van der Waals surface area contributed by atoms with Crippen LogP contribution in [0.25, 0.3) is 32.9 Å². The first-order valence-electron chi connectivity index (χ1n) is 8.59. The zero-order valence-corrected chi connectivity index (χ0v) is 17.0. The molecule has 6 nitrogen and oxygen atoms in total. The molecule has 0 spiro atoms. The molecule has 0 fully saturated rings. The standard InChI is InChI=1S/C20H18N4O2S2/c1-12(26-2)28(25)20-16(21)15-17(13-7-4-3-5-8-13)23-18(24-19(15)27-20)14-9-6-10-22-11-14/h3-12H,21H2,1-2H3. The van der Waals surface area contributed by atoms with Crippen molar-refractivity contribution in [1.82, 2.24) is 15.0 Å². The molecule has 0 aliphatic carbocycles. The quantitative estimate of drug-likeness (QED) is 0.533. The summed E-state index contributed by atoms with van der Waals surface area (Å²) in [5.74, 6) is 0.554. The van der Waals surface area contributed by atoms with Crippen LogP contribution in [0.5, 0.6) is 0 Å². The lowest BCUT2D eigenvalue weighted by atomic mass is 10.1. The Morgan fingerprint density at radius 3 is 2.54 bits per heavy atom. The van der Waals surface area contributed by atoms with Crippen LogP contribution in [0.4, 0.5) is 5.69 Å². The number of aromatic nitrogens is 3. The number of nitrogen functional groups attached to an aromatic ring is 1. The first-order chi connectivity index (χ1) is 13.6. The molecule has 0 aliphatic heterocycles. The maximum Gasteiger partial charge on any atom is 0.162 e. The van der Waals surface area contributed by atoms with Gasteiger partial charge in [0.15, 0.2) is 5.82 Å². The molecule has 1 aromatic carbocycles. The highest BCUT2D eigenvalue weighted by atomic mass is 32.2. The summed E-state index contributed by atoms with van der Waals surface area (Å²) < 4.78 is 18.6. The van der Waals surface area contributed by atoms with Crippen LogP contribution in [0.1, 0.15) is 6.92 Å². The molecule has 142 valence electrons. The Balaban J connectivity index is 2.00. The van der Waals surface area contributed by atoms with Crippen molar-refractivity contribution in [3.63, 3.8) is 0 Å². The number of nitrogens with two attached hydrogens (primary N) is 1. The molecule has 2 unspecified atom stereocenters. The number of methoxy groups -OCH3 is 1. The summed E-state index contributed by atoms with van der Waals surface area (Å²) in [7, 11) is 0.133. The Bertz CT molecular complexity index is 1150. The Hall–Kier alpha value is -2.68. The fraction of sp³-hybridized carbons (Fsp3) is 0.150. The van der Waals surface area contributed by atoms with Crippen molar-refractivity contribution in [2.45, 2.75) is 16.6 Å². The van der Waals surface area contributed by atoms with Crippen molar-refractivity contribution < 1.29 is 8.95 Å². The number of fused-ring (bicyclic) bond motifs is 1. The van der Waals surface area contributed by atoms with E-state index in [9.17, 15) is 4.21 Å². The molecular weight excluding hydrogens is 392 g/mol. The molecule has 2 atom stereocenters. The fourth-order valence-electron chi connectivity index (χ4n) is 2.82. The highest BCUT2D eigenvalue weighted by Gasteiger charge is 2.24. The van der Waals surface area contributed by atoms with E-state index < -0.39 is 16.2 Å². The van der Waals surface area contributed by atoms with Gasteiger partial charge < -0.3 is 10.5 Å². The normalized spacial score (nSPS) is 13.5. The van der Waals surface area contributed by atoms with Crippen LogP contribution in [0.2, 0.25) is 0 Å².